The summed E-state index contributed by atoms with van der Waals surface area (Å²) in [4.78, 5) is 34.3. The summed E-state index contributed by atoms with van der Waals surface area (Å²) in [5.74, 6) is 0.838. The van der Waals surface area contributed by atoms with Crippen LogP contribution in [-0.2, 0) is 4.74 Å². The zero-order chi connectivity index (χ0) is 25.8. The lowest BCUT2D eigenvalue weighted by Gasteiger charge is -2.31. The van der Waals surface area contributed by atoms with E-state index in [-0.39, 0.29) is 11.5 Å². The first-order chi connectivity index (χ1) is 17.4. The molecule has 0 spiro atoms. The molecule has 36 heavy (non-hydrogen) atoms. The highest BCUT2D eigenvalue weighted by Crippen LogP contribution is 2.29. The predicted molar refractivity (Wildman–Crippen MR) is 141 cm³/mol. The summed E-state index contributed by atoms with van der Waals surface area (Å²) in [7, 11) is 3.17. The molecule has 0 saturated carbocycles. The number of methoxy groups -OCH3 is 2. The second kappa shape index (κ2) is 10.7. The Morgan fingerprint density at radius 2 is 1.75 bits per heavy atom. The fourth-order valence-electron chi connectivity index (χ4n) is 4.41. The number of ether oxygens (including phenoxy) is 2. The first-order valence-corrected chi connectivity index (χ1v) is 11.9. The molecule has 1 aromatic heterocycles. The molecular weight excluding hydrogens is 454 g/mol. The number of aryl methyl sites for hydroxylation is 2. The Morgan fingerprint density at radius 1 is 1.03 bits per heavy atom. The van der Waals surface area contributed by atoms with Gasteiger partial charge in [0.1, 0.15) is 11.6 Å². The summed E-state index contributed by atoms with van der Waals surface area (Å²) < 4.78 is 12.5. The van der Waals surface area contributed by atoms with E-state index < -0.39 is 6.04 Å². The molecule has 1 unspecified atom stereocenters. The van der Waals surface area contributed by atoms with E-state index in [1.165, 1.54) is 0 Å². The van der Waals surface area contributed by atoms with E-state index in [4.69, 9.17) is 14.5 Å². The number of fused-ring (bicyclic) bond motifs is 1. The van der Waals surface area contributed by atoms with Crippen LogP contribution in [-0.4, -0.2) is 47.7 Å². The number of aromatic nitrogens is 2. The van der Waals surface area contributed by atoms with Crippen LogP contribution in [0.4, 0.5) is 0 Å². The molecule has 186 valence electrons. The van der Waals surface area contributed by atoms with Gasteiger partial charge in [-0.3, -0.25) is 14.2 Å². The van der Waals surface area contributed by atoms with Gasteiger partial charge < -0.3 is 14.4 Å². The van der Waals surface area contributed by atoms with Crippen LogP contribution in [0.5, 0.6) is 5.75 Å². The van der Waals surface area contributed by atoms with Crippen LogP contribution in [0.2, 0.25) is 0 Å². The number of amides is 1. The van der Waals surface area contributed by atoms with Crippen LogP contribution in [0.1, 0.15) is 40.3 Å². The first kappa shape index (κ1) is 25.1. The maximum atomic E-state index is 13.9. The molecule has 7 nitrogen and oxygen atoms in total. The molecule has 0 saturated heterocycles. The minimum absolute atomic E-state index is 0.150. The Balaban J connectivity index is 1.97. The summed E-state index contributed by atoms with van der Waals surface area (Å²) in [6.07, 6.45) is 0. The van der Waals surface area contributed by atoms with Crippen molar-refractivity contribution in [3.8, 4) is 11.4 Å². The van der Waals surface area contributed by atoms with E-state index in [0.717, 1.165) is 11.1 Å². The van der Waals surface area contributed by atoms with E-state index in [0.29, 0.717) is 46.9 Å². The van der Waals surface area contributed by atoms with Crippen LogP contribution in [0.15, 0.2) is 71.5 Å². The summed E-state index contributed by atoms with van der Waals surface area (Å²) >= 11 is 0. The minimum atomic E-state index is -0.546. The van der Waals surface area contributed by atoms with Crippen molar-refractivity contribution in [1.29, 1.82) is 0 Å². The summed E-state index contributed by atoms with van der Waals surface area (Å²) in [5, 5.41) is 0.491. The van der Waals surface area contributed by atoms with Crippen molar-refractivity contribution in [2.45, 2.75) is 26.8 Å². The van der Waals surface area contributed by atoms with E-state index >= 15 is 0 Å². The summed E-state index contributed by atoms with van der Waals surface area (Å²) in [6.45, 7) is 6.43. The fourth-order valence-corrected chi connectivity index (χ4v) is 4.41. The zero-order valence-corrected chi connectivity index (χ0v) is 21.3. The van der Waals surface area contributed by atoms with Gasteiger partial charge in [0, 0.05) is 19.2 Å². The third kappa shape index (κ3) is 4.75. The van der Waals surface area contributed by atoms with Crippen molar-refractivity contribution in [2.24, 2.45) is 0 Å². The number of nitrogens with zero attached hydrogens (tertiary/aromatic N) is 3. The Hall–Kier alpha value is -3.97. The van der Waals surface area contributed by atoms with Crippen molar-refractivity contribution in [3.63, 3.8) is 0 Å². The van der Waals surface area contributed by atoms with Gasteiger partial charge in [0.05, 0.1) is 36.3 Å². The first-order valence-electron chi connectivity index (χ1n) is 11.9. The number of rotatable bonds is 8. The maximum Gasteiger partial charge on any atom is 0.266 e. The summed E-state index contributed by atoms with van der Waals surface area (Å²) in [5.41, 5.74) is 3.38. The highest BCUT2D eigenvalue weighted by atomic mass is 16.5. The van der Waals surface area contributed by atoms with Crippen molar-refractivity contribution >= 4 is 16.8 Å². The number of hydrogen-bond acceptors (Lipinski definition) is 5. The van der Waals surface area contributed by atoms with Crippen LogP contribution in [0, 0.1) is 13.8 Å². The monoisotopic (exact) mass is 485 g/mol. The third-order valence-corrected chi connectivity index (χ3v) is 6.39. The lowest BCUT2D eigenvalue weighted by atomic mass is 10.1. The topological polar surface area (TPSA) is 73.7 Å². The van der Waals surface area contributed by atoms with Crippen LogP contribution in [0.25, 0.3) is 16.6 Å². The number of benzene rings is 3. The second-order valence-corrected chi connectivity index (χ2v) is 8.79. The van der Waals surface area contributed by atoms with Crippen molar-refractivity contribution in [1.82, 2.24) is 14.5 Å². The Bertz CT molecular complexity index is 1460. The van der Waals surface area contributed by atoms with Crippen LogP contribution < -0.4 is 10.3 Å². The normalized spacial score (nSPS) is 11.9. The Kier molecular flexibility index (Phi) is 7.50. The highest BCUT2D eigenvalue weighted by Gasteiger charge is 2.29. The molecule has 3 aromatic carbocycles. The molecule has 1 atom stereocenters. The van der Waals surface area contributed by atoms with Crippen LogP contribution >= 0.6 is 0 Å². The van der Waals surface area contributed by atoms with Crippen molar-refractivity contribution in [2.75, 3.05) is 27.4 Å². The average molecular weight is 486 g/mol. The van der Waals surface area contributed by atoms with E-state index in [1.807, 2.05) is 81.4 Å². The molecule has 7 heteroatoms. The number of para-hydroxylation sites is 1. The van der Waals surface area contributed by atoms with Gasteiger partial charge in [-0.25, -0.2) is 4.98 Å². The lowest BCUT2D eigenvalue weighted by molar-refractivity contribution is 0.0604. The predicted octanol–water partition coefficient (Wildman–Crippen LogP) is 4.86. The molecule has 4 rings (SSSR count). The molecule has 0 bridgehead atoms. The molecule has 0 aliphatic heterocycles. The third-order valence-electron chi connectivity index (χ3n) is 6.39. The zero-order valence-electron chi connectivity index (χ0n) is 21.3. The number of carbonyl (C=O) groups is 1. The van der Waals surface area contributed by atoms with Gasteiger partial charge in [-0.1, -0.05) is 36.4 Å². The van der Waals surface area contributed by atoms with Crippen LogP contribution in [0.3, 0.4) is 0 Å². The molecule has 0 N–H and O–H groups in total. The maximum absolute atomic E-state index is 13.9. The van der Waals surface area contributed by atoms with Gasteiger partial charge in [0.15, 0.2) is 0 Å². The number of carbonyl (C=O) groups excluding carboxylic acids is 1. The molecule has 1 heterocycles. The van der Waals surface area contributed by atoms with Gasteiger partial charge in [-0.2, -0.15) is 0 Å². The smallest absolute Gasteiger partial charge is 0.266 e. The minimum Gasteiger partial charge on any atom is -0.495 e. The SMILES string of the molecule is COCCN(C(=O)c1ccccc1C)C(C)c1nc2ccccc2c(=O)n1-c1cc(C)ccc1OC. The fraction of sp³-hybridized carbons (Fsp3) is 0.276. The molecule has 0 fully saturated rings. The van der Waals surface area contributed by atoms with Crippen molar-refractivity contribution in [3.05, 3.63) is 99.6 Å². The number of hydrogen-bond donors (Lipinski definition) is 0. The summed E-state index contributed by atoms with van der Waals surface area (Å²) in [6, 6.07) is 19.8. The highest BCUT2D eigenvalue weighted by molar-refractivity contribution is 5.96. The van der Waals surface area contributed by atoms with E-state index in [2.05, 4.69) is 0 Å². The lowest BCUT2D eigenvalue weighted by Crippen LogP contribution is -2.39. The quantitative estimate of drug-likeness (QED) is 0.356. The molecule has 0 aliphatic rings. The second-order valence-electron chi connectivity index (χ2n) is 8.79. The van der Waals surface area contributed by atoms with Gasteiger partial charge in [0.25, 0.3) is 11.5 Å². The van der Waals surface area contributed by atoms with Gasteiger partial charge in [-0.05, 0) is 62.2 Å². The molecule has 0 radical (unpaired) electrons. The van der Waals surface area contributed by atoms with Gasteiger partial charge in [-0.15, -0.1) is 0 Å². The van der Waals surface area contributed by atoms with Gasteiger partial charge in [0.2, 0.25) is 0 Å². The Labute approximate surface area is 210 Å². The standard InChI is InChI=1S/C29H31N3O4/c1-19-14-15-26(36-5)25(18-19)32-27(30-24-13-9-8-12-23(24)29(32)34)21(3)31(16-17-35-4)28(33)22-11-7-6-10-20(22)2/h6-15,18,21H,16-17H2,1-5H3. The largest absolute Gasteiger partial charge is 0.495 e. The molecule has 1 amide bonds. The van der Waals surface area contributed by atoms with E-state index in [1.54, 1.807) is 29.8 Å². The average Bonchev–Trinajstić information content (AvgIpc) is 2.89. The van der Waals surface area contributed by atoms with E-state index in [9.17, 15) is 9.59 Å². The Morgan fingerprint density at radius 3 is 2.47 bits per heavy atom. The molecular formula is C29H31N3O4. The molecule has 4 aromatic rings. The van der Waals surface area contributed by atoms with Crippen molar-refractivity contribution < 1.29 is 14.3 Å². The molecule has 0 aliphatic carbocycles. The van der Waals surface area contributed by atoms with Gasteiger partial charge >= 0.3 is 0 Å².